The number of nitrogens with one attached hydrogen (secondary N) is 2. The Morgan fingerprint density at radius 3 is 2.50 bits per heavy atom. The summed E-state index contributed by atoms with van der Waals surface area (Å²) in [5.41, 5.74) is 0. The molecule has 0 saturated carbocycles. The normalized spacial score (nSPS) is 12.0. The summed E-state index contributed by atoms with van der Waals surface area (Å²) in [6, 6.07) is 1.16. The lowest BCUT2D eigenvalue weighted by atomic mass is 10.3. The molecule has 0 aliphatic heterocycles. The van der Waals surface area contributed by atoms with Gasteiger partial charge in [-0.2, -0.15) is 0 Å². The maximum absolute atomic E-state index is 11.7. The minimum atomic E-state index is -0.544. The molecule has 0 aromatic carbocycles. The molecule has 0 bridgehead atoms. The molecule has 0 fully saturated rings. The van der Waals surface area contributed by atoms with E-state index in [2.05, 4.69) is 42.5 Å². The van der Waals surface area contributed by atoms with E-state index in [0.717, 1.165) is 8.26 Å². The number of likely N-dealkylation sites (N-methyl/N-ethyl adjacent to an activating group) is 1. The highest BCUT2D eigenvalue weighted by Crippen LogP contribution is 2.32. The van der Waals surface area contributed by atoms with Gasteiger partial charge < -0.3 is 10.6 Å². The van der Waals surface area contributed by atoms with Gasteiger partial charge in [-0.25, -0.2) is 0 Å². The van der Waals surface area contributed by atoms with Crippen LogP contribution in [0.25, 0.3) is 0 Å². The van der Waals surface area contributed by atoms with E-state index in [0.29, 0.717) is 4.88 Å². The van der Waals surface area contributed by atoms with Crippen LogP contribution < -0.4 is 10.6 Å². The number of carbonyl (C=O) groups is 2. The lowest BCUT2D eigenvalue weighted by Crippen LogP contribution is -2.43. The van der Waals surface area contributed by atoms with Gasteiger partial charge in [0.1, 0.15) is 6.04 Å². The first-order valence-electron chi connectivity index (χ1n) is 4.43. The molecule has 1 unspecified atom stereocenters. The fourth-order valence-electron chi connectivity index (χ4n) is 1.01. The standard InChI is InChI=1S/C9H10Br2N2O2S/c1-4(8(14)12-2)13-9(15)6-3-5(10)7(11)16-6/h3-4H,1-2H3,(H,12,14)(H,13,15). The van der Waals surface area contributed by atoms with Gasteiger partial charge in [0.2, 0.25) is 5.91 Å². The van der Waals surface area contributed by atoms with E-state index in [1.54, 1.807) is 13.0 Å². The van der Waals surface area contributed by atoms with Crippen LogP contribution in [0, 0.1) is 0 Å². The van der Waals surface area contributed by atoms with E-state index in [4.69, 9.17) is 0 Å². The third-order valence-corrected chi connectivity index (χ3v) is 5.11. The predicted octanol–water partition coefficient (Wildman–Crippen LogP) is 2.14. The van der Waals surface area contributed by atoms with Crippen LogP contribution in [-0.2, 0) is 4.79 Å². The van der Waals surface area contributed by atoms with Crippen LogP contribution in [0.5, 0.6) is 0 Å². The Morgan fingerprint density at radius 1 is 1.44 bits per heavy atom. The summed E-state index contributed by atoms with van der Waals surface area (Å²) in [6.45, 7) is 1.63. The zero-order valence-corrected chi connectivity index (χ0v) is 12.6. The smallest absolute Gasteiger partial charge is 0.262 e. The first kappa shape index (κ1) is 13.7. The van der Waals surface area contributed by atoms with Crippen LogP contribution in [0.1, 0.15) is 16.6 Å². The molecule has 7 heteroatoms. The van der Waals surface area contributed by atoms with Gasteiger partial charge in [-0.3, -0.25) is 9.59 Å². The highest BCUT2D eigenvalue weighted by molar-refractivity contribution is 9.13. The van der Waals surface area contributed by atoms with Gasteiger partial charge in [0.15, 0.2) is 0 Å². The van der Waals surface area contributed by atoms with Crippen molar-refractivity contribution in [2.24, 2.45) is 0 Å². The van der Waals surface area contributed by atoms with Crippen LogP contribution in [0.3, 0.4) is 0 Å². The molecule has 1 atom stereocenters. The molecule has 1 aromatic rings. The number of rotatable bonds is 3. The summed E-state index contributed by atoms with van der Waals surface area (Å²) in [6.07, 6.45) is 0. The van der Waals surface area contributed by atoms with E-state index < -0.39 is 6.04 Å². The van der Waals surface area contributed by atoms with Crippen molar-refractivity contribution in [2.45, 2.75) is 13.0 Å². The molecule has 0 aliphatic rings. The second kappa shape index (κ2) is 5.79. The van der Waals surface area contributed by atoms with E-state index >= 15 is 0 Å². The molecule has 0 aliphatic carbocycles. The zero-order chi connectivity index (χ0) is 12.3. The molecule has 4 nitrogen and oxygen atoms in total. The van der Waals surface area contributed by atoms with Crippen molar-refractivity contribution in [3.63, 3.8) is 0 Å². The summed E-state index contributed by atoms with van der Waals surface area (Å²) in [7, 11) is 1.53. The minimum absolute atomic E-state index is 0.219. The first-order chi connectivity index (χ1) is 7.45. The van der Waals surface area contributed by atoms with Gasteiger partial charge >= 0.3 is 0 Å². The maximum Gasteiger partial charge on any atom is 0.262 e. The summed E-state index contributed by atoms with van der Waals surface area (Å²) < 4.78 is 1.68. The molecular weight excluding hydrogens is 360 g/mol. The molecule has 2 amide bonds. The van der Waals surface area contributed by atoms with Gasteiger partial charge in [-0.1, -0.05) is 0 Å². The monoisotopic (exact) mass is 368 g/mol. The molecule has 1 rings (SSSR count). The number of hydrogen-bond donors (Lipinski definition) is 2. The molecule has 0 saturated heterocycles. The number of amides is 2. The fourth-order valence-corrected chi connectivity index (χ4v) is 2.95. The van der Waals surface area contributed by atoms with Crippen LogP contribution in [0.4, 0.5) is 0 Å². The predicted molar refractivity (Wildman–Crippen MR) is 70.7 cm³/mol. The molecule has 1 aromatic heterocycles. The lowest BCUT2D eigenvalue weighted by Gasteiger charge is -2.10. The zero-order valence-electron chi connectivity index (χ0n) is 8.64. The lowest BCUT2D eigenvalue weighted by molar-refractivity contribution is -0.122. The highest BCUT2D eigenvalue weighted by Gasteiger charge is 2.17. The van der Waals surface area contributed by atoms with E-state index in [1.165, 1.54) is 18.4 Å². The second-order valence-corrected chi connectivity index (χ2v) is 6.27. The van der Waals surface area contributed by atoms with Crippen LogP contribution >= 0.6 is 43.2 Å². The van der Waals surface area contributed by atoms with Crippen molar-refractivity contribution in [1.29, 1.82) is 0 Å². The van der Waals surface area contributed by atoms with Crippen molar-refractivity contribution in [1.82, 2.24) is 10.6 Å². The Morgan fingerprint density at radius 2 is 2.06 bits per heavy atom. The first-order valence-corrected chi connectivity index (χ1v) is 6.83. The number of halogens is 2. The third-order valence-electron chi connectivity index (χ3n) is 1.86. The fraction of sp³-hybridized carbons (Fsp3) is 0.333. The van der Waals surface area contributed by atoms with Crippen molar-refractivity contribution in [3.8, 4) is 0 Å². The van der Waals surface area contributed by atoms with Crippen LogP contribution in [0.2, 0.25) is 0 Å². The van der Waals surface area contributed by atoms with Crippen LogP contribution in [-0.4, -0.2) is 24.9 Å². The van der Waals surface area contributed by atoms with Crippen molar-refractivity contribution in [3.05, 3.63) is 19.2 Å². The van der Waals surface area contributed by atoms with Crippen molar-refractivity contribution < 1.29 is 9.59 Å². The molecule has 0 radical (unpaired) electrons. The van der Waals surface area contributed by atoms with Crippen LogP contribution in [0.15, 0.2) is 14.3 Å². The number of thiophene rings is 1. The van der Waals surface area contributed by atoms with Gasteiger partial charge in [0, 0.05) is 11.5 Å². The molecule has 1 heterocycles. The molecule has 2 N–H and O–H groups in total. The SMILES string of the molecule is CNC(=O)C(C)NC(=O)c1cc(Br)c(Br)s1. The number of carbonyl (C=O) groups excluding carboxylic acids is 2. The highest BCUT2D eigenvalue weighted by atomic mass is 79.9. The quantitative estimate of drug-likeness (QED) is 0.857. The van der Waals surface area contributed by atoms with E-state index in [-0.39, 0.29) is 11.8 Å². The van der Waals surface area contributed by atoms with E-state index in [9.17, 15) is 9.59 Å². The minimum Gasteiger partial charge on any atom is -0.357 e. The van der Waals surface area contributed by atoms with Gasteiger partial charge in [-0.15, -0.1) is 11.3 Å². The molecule has 0 spiro atoms. The third kappa shape index (κ3) is 3.29. The van der Waals surface area contributed by atoms with Crippen molar-refractivity contribution >= 4 is 55.0 Å². The maximum atomic E-state index is 11.7. The molecular formula is C9H10Br2N2O2S. The van der Waals surface area contributed by atoms with E-state index in [1.807, 2.05) is 0 Å². The van der Waals surface area contributed by atoms with Gasteiger partial charge in [0.25, 0.3) is 5.91 Å². The Balaban J connectivity index is 2.69. The summed E-state index contributed by atoms with van der Waals surface area (Å²) in [5.74, 6) is -0.476. The summed E-state index contributed by atoms with van der Waals surface area (Å²) in [5, 5.41) is 5.07. The Hall–Kier alpha value is -0.400. The Kier molecular flexibility index (Phi) is 4.94. The number of hydrogen-bond acceptors (Lipinski definition) is 3. The van der Waals surface area contributed by atoms with Gasteiger partial charge in [-0.05, 0) is 44.8 Å². The van der Waals surface area contributed by atoms with Gasteiger partial charge in [0.05, 0.1) is 8.66 Å². The molecule has 16 heavy (non-hydrogen) atoms. The average Bonchev–Trinajstić information content (AvgIpc) is 2.58. The second-order valence-electron chi connectivity index (χ2n) is 3.04. The summed E-state index contributed by atoms with van der Waals surface area (Å²) in [4.78, 5) is 23.5. The average molecular weight is 370 g/mol. The molecule has 88 valence electrons. The largest absolute Gasteiger partial charge is 0.357 e. The Bertz CT molecular complexity index is 400. The van der Waals surface area contributed by atoms with Crippen molar-refractivity contribution in [2.75, 3.05) is 7.05 Å². The topological polar surface area (TPSA) is 58.2 Å². The summed E-state index contributed by atoms with van der Waals surface area (Å²) >= 11 is 7.91. The Labute approximate surface area is 114 Å².